The SMILES string of the molecule is C[NH+]1CCC(C(N)=O)CC1.O=C[O-]. The number of carbonyl (C=O) groups excluding carboxylic acids is 2. The molecule has 0 atom stereocenters. The molecule has 0 aromatic heterocycles. The van der Waals surface area contributed by atoms with Crippen molar-refractivity contribution in [1.82, 2.24) is 0 Å². The first kappa shape index (κ1) is 11.9. The van der Waals surface area contributed by atoms with E-state index in [1.807, 2.05) is 0 Å². The zero-order valence-electron chi connectivity index (χ0n) is 7.79. The Labute approximate surface area is 77.5 Å². The van der Waals surface area contributed by atoms with E-state index >= 15 is 0 Å². The van der Waals surface area contributed by atoms with Crippen LogP contribution in [0.15, 0.2) is 0 Å². The average molecular weight is 188 g/mol. The number of amides is 1. The minimum atomic E-state index is -0.500. The largest absolute Gasteiger partial charge is 0.554 e. The van der Waals surface area contributed by atoms with Crippen LogP contribution in [0.25, 0.3) is 0 Å². The number of likely N-dealkylation sites (tertiary alicyclic amines) is 1. The molecule has 1 aliphatic heterocycles. The maximum atomic E-state index is 10.7. The van der Waals surface area contributed by atoms with Crippen molar-refractivity contribution in [3.8, 4) is 0 Å². The summed E-state index contributed by atoms with van der Waals surface area (Å²) in [7, 11) is 2.15. The summed E-state index contributed by atoms with van der Waals surface area (Å²) in [6.45, 7) is 1.68. The number of nitrogens with one attached hydrogen (secondary N) is 1. The molecule has 76 valence electrons. The molecule has 5 heteroatoms. The Hall–Kier alpha value is -1.10. The quantitative estimate of drug-likeness (QED) is 0.424. The molecule has 1 aliphatic rings. The van der Waals surface area contributed by atoms with Gasteiger partial charge in [-0.1, -0.05) is 0 Å². The van der Waals surface area contributed by atoms with Gasteiger partial charge in [-0.05, 0) is 0 Å². The fraction of sp³-hybridized carbons (Fsp3) is 0.750. The van der Waals surface area contributed by atoms with Crippen LogP contribution >= 0.6 is 0 Å². The van der Waals surface area contributed by atoms with Crippen LogP contribution in [0.4, 0.5) is 0 Å². The van der Waals surface area contributed by atoms with Gasteiger partial charge < -0.3 is 20.5 Å². The van der Waals surface area contributed by atoms with Crippen molar-refractivity contribution < 1.29 is 19.6 Å². The molecule has 1 amide bonds. The summed E-state index contributed by atoms with van der Waals surface area (Å²) in [6.07, 6.45) is 1.95. The third-order valence-electron chi connectivity index (χ3n) is 2.24. The molecule has 3 N–H and O–H groups in total. The number of rotatable bonds is 1. The Morgan fingerprint density at radius 1 is 1.54 bits per heavy atom. The van der Waals surface area contributed by atoms with Gasteiger partial charge in [0, 0.05) is 25.2 Å². The average Bonchev–Trinajstić information content (AvgIpc) is 2.06. The topological polar surface area (TPSA) is 87.7 Å². The zero-order chi connectivity index (χ0) is 10.3. The van der Waals surface area contributed by atoms with E-state index in [1.54, 1.807) is 0 Å². The van der Waals surface area contributed by atoms with Gasteiger partial charge in [0.1, 0.15) is 0 Å². The van der Waals surface area contributed by atoms with E-state index in [-0.39, 0.29) is 11.8 Å². The van der Waals surface area contributed by atoms with Gasteiger partial charge in [-0.2, -0.15) is 0 Å². The predicted octanol–water partition coefficient (Wildman–Crippen LogP) is -3.24. The van der Waals surface area contributed by atoms with E-state index in [0.29, 0.717) is 0 Å². The second-order valence-electron chi connectivity index (χ2n) is 3.23. The van der Waals surface area contributed by atoms with Crippen molar-refractivity contribution in [3.63, 3.8) is 0 Å². The van der Waals surface area contributed by atoms with E-state index in [9.17, 15) is 4.79 Å². The van der Waals surface area contributed by atoms with Gasteiger partial charge in [0.15, 0.2) is 0 Å². The first-order valence-electron chi connectivity index (χ1n) is 4.28. The van der Waals surface area contributed by atoms with Gasteiger partial charge in [-0.3, -0.25) is 4.79 Å². The number of hydrogen-bond donors (Lipinski definition) is 2. The van der Waals surface area contributed by atoms with Crippen molar-refractivity contribution in [2.45, 2.75) is 12.8 Å². The molecule has 0 saturated carbocycles. The molecular formula is C8H16N2O3. The third-order valence-corrected chi connectivity index (χ3v) is 2.24. The summed E-state index contributed by atoms with van der Waals surface area (Å²) in [5, 5.41) is 8.25. The van der Waals surface area contributed by atoms with Gasteiger partial charge in [-0.15, -0.1) is 0 Å². The Kier molecular flexibility index (Phi) is 5.88. The number of quaternary nitrogens is 1. The predicted molar refractivity (Wildman–Crippen MR) is 44.6 cm³/mol. The molecule has 13 heavy (non-hydrogen) atoms. The molecule has 0 aliphatic carbocycles. The number of hydrogen-bond acceptors (Lipinski definition) is 3. The maximum absolute atomic E-state index is 10.7. The zero-order valence-corrected chi connectivity index (χ0v) is 7.79. The Morgan fingerprint density at radius 3 is 2.23 bits per heavy atom. The highest BCUT2D eigenvalue weighted by Crippen LogP contribution is 2.07. The van der Waals surface area contributed by atoms with E-state index in [4.69, 9.17) is 15.6 Å². The summed E-state index contributed by atoms with van der Waals surface area (Å²) in [5.41, 5.74) is 5.16. The van der Waals surface area contributed by atoms with Crippen molar-refractivity contribution in [2.24, 2.45) is 11.7 Å². The molecule has 1 rings (SSSR count). The van der Waals surface area contributed by atoms with E-state index in [1.165, 1.54) is 4.90 Å². The van der Waals surface area contributed by atoms with E-state index in [2.05, 4.69) is 7.05 Å². The summed E-state index contributed by atoms with van der Waals surface area (Å²) in [6, 6.07) is 0. The van der Waals surface area contributed by atoms with Gasteiger partial charge in [0.05, 0.1) is 20.1 Å². The third kappa shape index (κ3) is 5.19. The smallest absolute Gasteiger partial charge is 0.220 e. The van der Waals surface area contributed by atoms with Gasteiger partial charge in [0.2, 0.25) is 5.91 Å². The first-order chi connectivity index (χ1) is 6.11. The maximum Gasteiger partial charge on any atom is 0.220 e. The van der Waals surface area contributed by atoms with E-state index in [0.717, 1.165) is 25.9 Å². The molecule has 0 bridgehead atoms. The van der Waals surface area contributed by atoms with Crippen LogP contribution in [0.3, 0.4) is 0 Å². The molecule has 1 saturated heterocycles. The van der Waals surface area contributed by atoms with Crippen molar-refractivity contribution in [1.29, 1.82) is 0 Å². The van der Waals surface area contributed by atoms with Gasteiger partial charge in [0.25, 0.3) is 0 Å². The second-order valence-corrected chi connectivity index (χ2v) is 3.23. The highest BCUT2D eigenvalue weighted by Gasteiger charge is 2.22. The molecule has 5 nitrogen and oxygen atoms in total. The summed E-state index contributed by atoms with van der Waals surface area (Å²) >= 11 is 0. The fourth-order valence-corrected chi connectivity index (χ4v) is 1.40. The number of primary amides is 1. The van der Waals surface area contributed by atoms with Gasteiger partial charge in [-0.25, -0.2) is 0 Å². The van der Waals surface area contributed by atoms with Crippen molar-refractivity contribution in [3.05, 3.63) is 0 Å². The lowest BCUT2D eigenvalue weighted by Crippen LogP contribution is -3.10. The number of nitrogens with two attached hydrogens (primary N) is 1. The lowest BCUT2D eigenvalue weighted by atomic mass is 9.97. The lowest BCUT2D eigenvalue weighted by Gasteiger charge is -2.23. The second kappa shape index (κ2) is 6.42. The molecule has 1 fully saturated rings. The number of carbonyl (C=O) groups is 2. The van der Waals surface area contributed by atoms with Crippen molar-refractivity contribution in [2.75, 3.05) is 20.1 Å². The van der Waals surface area contributed by atoms with Crippen LogP contribution in [0, 0.1) is 5.92 Å². The molecule has 0 aromatic carbocycles. The highest BCUT2D eigenvalue weighted by atomic mass is 16.3. The van der Waals surface area contributed by atoms with Crippen LogP contribution in [0.1, 0.15) is 12.8 Å². The summed E-state index contributed by atoms with van der Waals surface area (Å²) in [5.74, 6) is 0.0381. The Balaban J connectivity index is 0.000000424. The fourth-order valence-electron chi connectivity index (χ4n) is 1.40. The van der Waals surface area contributed by atoms with Crippen LogP contribution in [0.2, 0.25) is 0 Å². The van der Waals surface area contributed by atoms with Gasteiger partial charge >= 0.3 is 0 Å². The summed E-state index contributed by atoms with van der Waals surface area (Å²) in [4.78, 5) is 20.4. The molecule has 0 radical (unpaired) electrons. The lowest BCUT2D eigenvalue weighted by molar-refractivity contribution is -0.885. The normalized spacial score (nSPS) is 26.8. The number of piperidine rings is 1. The number of carboxylic acid groups (broad SMARTS) is 1. The summed E-state index contributed by atoms with van der Waals surface area (Å²) < 4.78 is 0. The Bertz CT molecular complexity index is 165. The highest BCUT2D eigenvalue weighted by molar-refractivity contribution is 5.76. The standard InChI is InChI=1S/C7H14N2O.CH2O2/c1-9-4-2-6(3-5-9)7(8)10;2-1-3/h6H,2-5H2,1H3,(H2,8,10);1H,(H,2,3). The van der Waals surface area contributed by atoms with Crippen LogP contribution in [-0.2, 0) is 9.59 Å². The molecule has 0 aromatic rings. The molecule has 0 unspecified atom stereocenters. The monoisotopic (exact) mass is 188 g/mol. The van der Waals surface area contributed by atoms with Crippen molar-refractivity contribution >= 4 is 12.4 Å². The molecular weight excluding hydrogens is 172 g/mol. The van der Waals surface area contributed by atoms with E-state index < -0.39 is 6.47 Å². The van der Waals surface area contributed by atoms with Crippen LogP contribution in [0.5, 0.6) is 0 Å². The van der Waals surface area contributed by atoms with Crippen LogP contribution < -0.4 is 15.7 Å². The Morgan fingerprint density at radius 2 is 1.92 bits per heavy atom. The molecule has 1 heterocycles. The minimum Gasteiger partial charge on any atom is -0.554 e. The minimum absolute atomic E-state index is 0.118. The molecule has 0 spiro atoms. The first-order valence-corrected chi connectivity index (χ1v) is 4.28. The van der Waals surface area contributed by atoms with Crippen LogP contribution in [-0.4, -0.2) is 32.5 Å².